The van der Waals surface area contributed by atoms with E-state index in [4.69, 9.17) is 4.74 Å². The third-order valence-corrected chi connectivity index (χ3v) is 5.93. The molecule has 1 aliphatic carbocycles. The topological polar surface area (TPSA) is 43.3 Å². The highest BCUT2D eigenvalue weighted by atomic mass is 127. The maximum atomic E-state index is 5.48. The van der Waals surface area contributed by atoms with E-state index in [1.54, 1.807) is 0 Å². The van der Waals surface area contributed by atoms with Crippen LogP contribution in [-0.4, -0.2) is 99.3 Å². The van der Waals surface area contributed by atoms with Crippen LogP contribution in [0.3, 0.4) is 0 Å². The molecule has 1 atom stereocenters. The Labute approximate surface area is 170 Å². The van der Waals surface area contributed by atoms with Gasteiger partial charge in [-0.25, -0.2) is 0 Å². The molecule has 2 saturated heterocycles. The Morgan fingerprint density at radius 2 is 1.88 bits per heavy atom. The maximum absolute atomic E-state index is 5.48. The summed E-state index contributed by atoms with van der Waals surface area (Å²) in [5, 5.41) is 3.58. The SMILES string of the molecule is CN=C(NCCN(C)C1CCCC1)N1CCC(N2CCOCC2)C1.I. The van der Waals surface area contributed by atoms with Gasteiger partial charge in [-0.2, -0.15) is 0 Å². The lowest BCUT2D eigenvalue weighted by molar-refractivity contribution is 0.0195. The molecule has 6 nitrogen and oxygen atoms in total. The van der Waals surface area contributed by atoms with E-state index in [1.807, 2.05) is 7.05 Å². The van der Waals surface area contributed by atoms with Crippen LogP contribution < -0.4 is 5.32 Å². The number of rotatable bonds is 5. The minimum Gasteiger partial charge on any atom is -0.379 e. The predicted octanol–water partition coefficient (Wildman–Crippen LogP) is 1.46. The first-order valence-electron chi connectivity index (χ1n) is 9.75. The van der Waals surface area contributed by atoms with Crippen LogP contribution in [-0.2, 0) is 4.74 Å². The van der Waals surface area contributed by atoms with Crippen LogP contribution in [0.15, 0.2) is 4.99 Å². The molecule has 7 heteroatoms. The molecular formula is C18H36IN5O. The standard InChI is InChI=1S/C18H35N5O.HI/c1-19-18(20-8-10-21(2)16-5-3-4-6-16)23-9-7-17(15-23)22-11-13-24-14-12-22;/h16-17H,3-15H2,1-2H3,(H,19,20);1H. The number of aliphatic imine (C=N–C) groups is 1. The summed E-state index contributed by atoms with van der Waals surface area (Å²) in [6.07, 6.45) is 6.79. The number of hydrogen-bond donors (Lipinski definition) is 1. The zero-order chi connectivity index (χ0) is 16.8. The third kappa shape index (κ3) is 5.94. The smallest absolute Gasteiger partial charge is 0.193 e. The molecule has 2 aliphatic heterocycles. The Bertz CT molecular complexity index is 410. The zero-order valence-electron chi connectivity index (χ0n) is 16.0. The fourth-order valence-corrected chi connectivity index (χ4v) is 4.38. The van der Waals surface area contributed by atoms with Crippen molar-refractivity contribution >= 4 is 29.9 Å². The molecule has 0 amide bonds. The van der Waals surface area contributed by atoms with E-state index < -0.39 is 0 Å². The van der Waals surface area contributed by atoms with Crippen molar-refractivity contribution in [2.24, 2.45) is 4.99 Å². The summed E-state index contributed by atoms with van der Waals surface area (Å²) in [6, 6.07) is 1.46. The van der Waals surface area contributed by atoms with Gasteiger partial charge in [-0.1, -0.05) is 12.8 Å². The molecule has 1 saturated carbocycles. The van der Waals surface area contributed by atoms with E-state index in [1.165, 1.54) is 32.1 Å². The lowest BCUT2D eigenvalue weighted by Gasteiger charge is -2.32. The van der Waals surface area contributed by atoms with Crippen molar-refractivity contribution in [1.29, 1.82) is 0 Å². The van der Waals surface area contributed by atoms with Gasteiger partial charge in [0.1, 0.15) is 0 Å². The van der Waals surface area contributed by atoms with Gasteiger partial charge in [0.15, 0.2) is 5.96 Å². The quantitative estimate of drug-likeness (QED) is 0.379. The van der Waals surface area contributed by atoms with E-state index in [0.29, 0.717) is 6.04 Å². The lowest BCUT2D eigenvalue weighted by atomic mass is 10.2. The molecule has 3 aliphatic rings. The Morgan fingerprint density at radius 1 is 1.16 bits per heavy atom. The van der Waals surface area contributed by atoms with Gasteiger partial charge in [0.05, 0.1) is 13.2 Å². The van der Waals surface area contributed by atoms with E-state index in [0.717, 1.165) is 64.5 Å². The fraction of sp³-hybridized carbons (Fsp3) is 0.944. The van der Waals surface area contributed by atoms with E-state index >= 15 is 0 Å². The van der Waals surface area contributed by atoms with Crippen LogP contribution in [0.5, 0.6) is 0 Å². The summed E-state index contributed by atoms with van der Waals surface area (Å²) in [7, 11) is 4.18. The summed E-state index contributed by atoms with van der Waals surface area (Å²) in [5.41, 5.74) is 0. The highest BCUT2D eigenvalue weighted by Gasteiger charge is 2.30. The number of ether oxygens (including phenoxy) is 1. The Morgan fingerprint density at radius 3 is 2.56 bits per heavy atom. The molecule has 2 heterocycles. The second-order valence-corrected chi connectivity index (χ2v) is 7.43. The number of halogens is 1. The van der Waals surface area contributed by atoms with Crippen molar-refractivity contribution < 1.29 is 4.74 Å². The number of nitrogens with zero attached hydrogens (tertiary/aromatic N) is 4. The number of guanidine groups is 1. The van der Waals surface area contributed by atoms with Gasteiger partial charge in [0, 0.05) is 58.4 Å². The molecule has 0 bridgehead atoms. The molecule has 25 heavy (non-hydrogen) atoms. The van der Waals surface area contributed by atoms with Crippen LogP contribution in [0, 0.1) is 0 Å². The van der Waals surface area contributed by atoms with E-state index in [2.05, 4.69) is 32.1 Å². The lowest BCUT2D eigenvalue weighted by Crippen LogP contribution is -2.47. The summed E-state index contributed by atoms with van der Waals surface area (Å²) in [6.45, 7) is 8.22. The monoisotopic (exact) mass is 465 g/mol. The largest absolute Gasteiger partial charge is 0.379 e. The maximum Gasteiger partial charge on any atom is 0.193 e. The van der Waals surface area contributed by atoms with Gasteiger partial charge in [0.25, 0.3) is 0 Å². The first-order chi connectivity index (χ1) is 11.8. The highest BCUT2D eigenvalue weighted by molar-refractivity contribution is 14.0. The van der Waals surface area contributed by atoms with Crippen LogP contribution in [0.4, 0.5) is 0 Å². The number of nitrogens with one attached hydrogen (secondary N) is 1. The number of likely N-dealkylation sites (N-methyl/N-ethyl adjacent to an activating group) is 1. The highest BCUT2D eigenvalue weighted by Crippen LogP contribution is 2.22. The van der Waals surface area contributed by atoms with Crippen molar-refractivity contribution in [3.8, 4) is 0 Å². The van der Waals surface area contributed by atoms with Gasteiger partial charge in [0.2, 0.25) is 0 Å². The number of likely N-dealkylation sites (tertiary alicyclic amines) is 1. The van der Waals surface area contributed by atoms with Gasteiger partial charge in [-0.05, 0) is 26.3 Å². The van der Waals surface area contributed by atoms with Gasteiger partial charge in [-0.15, -0.1) is 24.0 Å². The van der Waals surface area contributed by atoms with Crippen LogP contribution >= 0.6 is 24.0 Å². The molecule has 0 aromatic carbocycles. The Balaban J connectivity index is 0.00000225. The van der Waals surface area contributed by atoms with Crippen molar-refractivity contribution in [1.82, 2.24) is 20.0 Å². The van der Waals surface area contributed by atoms with Gasteiger partial charge < -0.3 is 19.9 Å². The van der Waals surface area contributed by atoms with Gasteiger partial charge >= 0.3 is 0 Å². The molecule has 3 rings (SSSR count). The first kappa shape index (κ1) is 21.2. The molecular weight excluding hydrogens is 429 g/mol. The fourth-order valence-electron chi connectivity index (χ4n) is 4.38. The van der Waals surface area contributed by atoms with Gasteiger partial charge in [-0.3, -0.25) is 9.89 Å². The average Bonchev–Trinajstić information content (AvgIpc) is 3.31. The van der Waals surface area contributed by atoms with Crippen LogP contribution in [0.2, 0.25) is 0 Å². The van der Waals surface area contributed by atoms with Crippen molar-refractivity contribution in [2.75, 3.05) is 66.6 Å². The summed E-state index contributed by atoms with van der Waals surface area (Å²) in [5.74, 6) is 1.07. The Kier molecular flexibility index (Phi) is 9.23. The second kappa shape index (κ2) is 10.9. The second-order valence-electron chi connectivity index (χ2n) is 7.43. The van der Waals surface area contributed by atoms with E-state index in [-0.39, 0.29) is 24.0 Å². The van der Waals surface area contributed by atoms with Crippen LogP contribution in [0.25, 0.3) is 0 Å². The zero-order valence-corrected chi connectivity index (χ0v) is 18.3. The summed E-state index contributed by atoms with van der Waals surface area (Å²) >= 11 is 0. The average molecular weight is 465 g/mol. The molecule has 3 fully saturated rings. The minimum atomic E-state index is 0. The molecule has 0 aromatic heterocycles. The number of hydrogen-bond acceptors (Lipinski definition) is 4. The van der Waals surface area contributed by atoms with E-state index in [9.17, 15) is 0 Å². The molecule has 0 spiro atoms. The summed E-state index contributed by atoms with van der Waals surface area (Å²) in [4.78, 5) is 12.0. The van der Waals surface area contributed by atoms with Crippen LogP contribution in [0.1, 0.15) is 32.1 Å². The van der Waals surface area contributed by atoms with Crippen molar-refractivity contribution in [2.45, 2.75) is 44.2 Å². The predicted molar refractivity (Wildman–Crippen MR) is 114 cm³/mol. The normalized spacial score (nSPS) is 26.3. The molecule has 0 radical (unpaired) electrons. The van der Waals surface area contributed by atoms with Crippen molar-refractivity contribution in [3.05, 3.63) is 0 Å². The minimum absolute atomic E-state index is 0. The molecule has 0 aromatic rings. The molecule has 146 valence electrons. The molecule has 1 N–H and O–H groups in total. The third-order valence-electron chi connectivity index (χ3n) is 5.93. The Hall–Kier alpha value is -0.120. The van der Waals surface area contributed by atoms with Crippen molar-refractivity contribution in [3.63, 3.8) is 0 Å². The molecule has 1 unspecified atom stereocenters. The first-order valence-corrected chi connectivity index (χ1v) is 9.75. The summed E-state index contributed by atoms with van der Waals surface area (Å²) < 4.78 is 5.48. The number of morpholine rings is 1.